The fraction of sp³-hybridized carbons (Fsp3) is 0.438. The van der Waals surface area contributed by atoms with Gasteiger partial charge in [0.1, 0.15) is 0 Å². The van der Waals surface area contributed by atoms with Crippen molar-refractivity contribution in [3.05, 3.63) is 36.5 Å². The van der Waals surface area contributed by atoms with E-state index in [-0.39, 0.29) is 0 Å². The van der Waals surface area contributed by atoms with Crippen LogP contribution in [0.3, 0.4) is 0 Å². The third-order valence-corrected chi connectivity index (χ3v) is 4.72. The first-order valence-electron chi connectivity index (χ1n) is 7.15. The Bertz CT molecular complexity index is 602. The maximum Gasteiger partial charge on any atom is 0.0703 e. The van der Waals surface area contributed by atoms with E-state index < -0.39 is 0 Å². The molecular weight excluding hydrogens is 234 g/mol. The molecule has 1 spiro atoms. The van der Waals surface area contributed by atoms with Crippen LogP contribution in [0, 0.1) is 5.41 Å². The summed E-state index contributed by atoms with van der Waals surface area (Å²) in [6, 6.07) is 10.8. The number of hydrogen-bond donors (Lipinski definition) is 1. The number of hydrogen-bond acceptors (Lipinski definition) is 3. The lowest BCUT2D eigenvalue weighted by Gasteiger charge is -2.24. The first-order chi connectivity index (χ1) is 9.35. The van der Waals surface area contributed by atoms with E-state index in [0.29, 0.717) is 5.41 Å². The maximum absolute atomic E-state index is 4.39. The number of aromatic nitrogens is 1. The Morgan fingerprint density at radius 3 is 3.11 bits per heavy atom. The molecule has 3 nitrogen and oxygen atoms in total. The predicted octanol–water partition coefficient (Wildman–Crippen LogP) is 2.42. The molecule has 2 aliphatic heterocycles. The van der Waals surface area contributed by atoms with Gasteiger partial charge in [0.2, 0.25) is 0 Å². The van der Waals surface area contributed by atoms with E-state index in [9.17, 15) is 0 Å². The minimum atomic E-state index is 0.532. The molecule has 3 heterocycles. The van der Waals surface area contributed by atoms with Crippen LogP contribution < -0.4 is 10.2 Å². The molecule has 0 aliphatic carbocycles. The smallest absolute Gasteiger partial charge is 0.0703 e. The highest BCUT2D eigenvalue weighted by Crippen LogP contribution is 2.38. The molecule has 3 heteroatoms. The van der Waals surface area contributed by atoms with Crippen molar-refractivity contribution in [1.82, 2.24) is 10.3 Å². The summed E-state index contributed by atoms with van der Waals surface area (Å²) in [5.74, 6) is 0. The van der Waals surface area contributed by atoms with Crippen molar-refractivity contribution in [3.8, 4) is 0 Å². The second-order valence-corrected chi connectivity index (χ2v) is 5.98. The Morgan fingerprint density at radius 1 is 1.21 bits per heavy atom. The van der Waals surface area contributed by atoms with E-state index in [1.165, 1.54) is 50.1 Å². The summed E-state index contributed by atoms with van der Waals surface area (Å²) >= 11 is 0. The molecule has 0 saturated carbocycles. The average Bonchev–Trinajstić information content (AvgIpc) is 3.09. The SMILES string of the molecule is c1cnc2ccc(N3CCC4(CCNC4)C3)cc2c1. The predicted molar refractivity (Wildman–Crippen MR) is 78.5 cm³/mol. The zero-order chi connectivity index (χ0) is 12.7. The Kier molecular flexibility index (Phi) is 2.49. The topological polar surface area (TPSA) is 28.2 Å². The van der Waals surface area contributed by atoms with Crippen LogP contribution in [0.4, 0.5) is 5.69 Å². The van der Waals surface area contributed by atoms with E-state index >= 15 is 0 Å². The first kappa shape index (κ1) is 11.2. The molecule has 0 radical (unpaired) electrons. The number of anilines is 1. The zero-order valence-corrected chi connectivity index (χ0v) is 11.1. The van der Waals surface area contributed by atoms with Gasteiger partial charge in [0.15, 0.2) is 0 Å². The summed E-state index contributed by atoms with van der Waals surface area (Å²) in [4.78, 5) is 6.93. The van der Waals surface area contributed by atoms with Crippen molar-refractivity contribution in [2.24, 2.45) is 5.41 Å². The molecule has 1 aromatic heterocycles. The summed E-state index contributed by atoms with van der Waals surface area (Å²) in [5, 5.41) is 4.76. The summed E-state index contributed by atoms with van der Waals surface area (Å²) in [5.41, 5.74) is 2.97. The quantitative estimate of drug-likeness (QED) is 0.846. The van der Waals surface area contributed by atoms with Crippen LogP contribution in [0.15, 0.2) is 36.5 Å². The molecule has 19 heavy (non-hydrogen) atoms. The first-order valence-corrected chi connectivity index (χ1v) is 7.15. The van der Waals surface area contributed by atoms with Gasteiger partial charge in [0.05, 0.1) is 5.52 Å². The molecule has 2 aromatic rings. The van der Waals surface area contributed by atoms with Crippen LogP contribution in [0.2, 0.25) is 0 Å². The van der Waals surface area contributed by atoms with Crippen molar-refractivity contribution in [1.29, 1.82) is 0 Å². The Labute approximate surface area is 113 Å². The van der Waals surface area contributed by atoms with Gasteiger partial charge in [-0.15, -0.1) is 0 Å². The molecule has 1 N–H and O–H groups in total. The van der Waals surface area contributed by atoms with Crippen molar-refractivity contribution in [3.63, 3.8) is 0 Å². The van der Waals surface area contributed by atoms with E-state index in [4.69, 9.17) is 0 Å². The van der Waals surface area contributed by atoms with Crippen molar-refractivity contribution in [2.75, 3.05) is 31.1 Å². The van der Waals surface area contributed by atoms with E-state index in [0.717, 1.165) is 5.52 Å². The maximum atomic E-state index is 4.39. The second kappa shape index (κ2) is 4.20. The van der Waals surface area contributed by atoms with Crippen LogP contribution in [-0.4, -0.2) is 31.2 Å². The Hall–Kier alpha value is -1.61. The number of nitrogens with one attached hydrogen (secondary N) is 1. The third-order valence-electron chi connectivity index (χ3n) is 4.72. The normalized spacial score (nSPS) is 26.6. The number of benzene rings is 1. The van der Waals surface area contributed by atoms with Crippen molar-refractivity contribution < 1.29 is 0 Å². The van der Waals surface area contributed by atoms with Gasteiger partial charge < -0.3 is 10.2 Å². The lowest BCUT2D eigenvalue weighted by Crippen LogP contribution is -2.29. The van der Waals surface area contributed by atoms with Crippen LogP contribution in [-0.2, 0) is 0 Å². The molecule has 0 amide bonds. The van der Waals surface area contributed by atoms with Gasteiger partial charge in [-0.1, -0.05) is 6.07 Å². The second-order valence-electron chi connectivity index (χ2n) is 5.98. The van der Waals surface area contributed by atoms with Gasteiger partial charge in [0, 0.05) is 42.3 Å². The van der Waals surface area contributed by atoms with E-state index in [1.54, 1.807) is 0 Å². The fourth-order valence-electron chi connectivity index (χ4n) is 3.56. The molecule has 1 unspecified atom stereocenters. The van der Waals surface area contributed by atoms with Gasteiger partial charge in [-0.2, -0.15) is 0 Å². The summed E-state index contributed by atoms with van der Waals surface area (Å²) < 4.78 is 0. The molecule has 98 valence electrons. The van der Waals surface area contributed by atoms with Crippen LogP contribution >= 0.6 is 0 Å². The van der Waals surface area contributed by atoms with Crippen LogP contribution in [0.5, 0.6) is 0 Å². The number of fused-ring (bicyclic) bond motifs is 1. The largest absolute Gasteiger partial charge is 0.371 e. The van der Waals surface area contributed by atoms with Gasteiger partial charge >= 0.3 is 0 Å². The molecule has 0 bridgehead atoms. The molecular formula is C16H19N3. The van der Waals surface area contributed by atoms with Gasteiger partial charge in [-0.25, -0.2) is 0 Å². The Balaban J connectivity index is 1.64. The van der Waals surface area contributed by atoms with Gasteiger partial charge in [0.25, 0.3) is 0 Å². The summed E-state index contributed by atoms with van der Waals surface area (Å²) in [7, 11) is 0. The molecule has 4 rings (SSSR count). The van der Waals surface area contributed by atoms with Crippen molar-refractivity contribution in [2.45, 2.75) is 12.8 Å². The summed E-state index contributed by atoms with van der Waals surface area (Å²) in [6.07, 6.45) is 4.51. The highest BCUT2D eigenvalue weighted by Gasteiger charge is 2.40. The number of pyridine rings is 1. The monoisotopic (exact) mass is 253 g/mol. The molecule has 2 fully saturated rings. The lowest BCUT2D eigenvalue weighted by atomic mass is 9.86. The molecule has 1 atom stereocenters. The molecule has 1 aromatic carbocycles. The standard InChI is InChI=1S/C16H19N3/c1-2-13-10-14(3-4-15(13)18-7-1)19-9-6-16(12-19)5-8-17-11-16/h1-4,7,10,17H,5-6,8-9,11-12H2. The van der Waals surface area contributed by atoms with Gasteiger partial charge in [-0.05, 0) is 43.7 Å². The minimum Gasteiger partial charge on any atom is -0.371 e. The average molecular weight is 253 g/mol. The molecule has 2 aliphatic rings. The lowest BCUT2D eigenvalue weighted by molar-refractivity contribution is 0.369. The van der Waals surface area contributed by atoms with Crippen LogP contribution in [0.25, 0.3) is 10.9 Å². The number of nitrogens with zero attached hydrogens (tertiary/aromatic N) is 2. The van der Waals surface area contributed by atoms with Crippen LogP contribution in [0.1, 0.15) is 12.8 Å². The minimum absolute atomic E-state index is 0.532. The highest BCUT2D eigenvalue weighted by atomic mass is 15.2. The van der Waals surface area contributed by atoms with E-state index in [1.807, 2.05) is 12.3 Å². The van der Waals surface area contributed by atoms with E-state index in [2.05, 4.69) is 39.5 Å². The zero-order valence-electron chi connectivity index (χ0n) is 11.1. The summed E-state index contributed by atoms with van der Waals surface area (Å²) in [6.45, 7) is 4.77. The fourth-order valence-corrected chi connectivity index (χ4v) is 3.56. The number of rotatable bonds is 1. The highest BCUT2D eigenvalue weighted by molar-refractivity contribution is 5.82. The molecule has 2 saturated heterocycles. The third kappa shape index (κ3) is 1.89. The van der Waals surface area contributed by atoms with Gasteiger partial charge in [-0.3, -0.25) is 4.98 Å². The van der Waals surface area contributed by atoms with Crippen molar-refractivity contribution >= 4 is 16.6 Å². The Morgan fingerprint density at radius 2 is 2.21 bits per heavy atom.